The van der Waals surface area contributed by atoms with Gasteiger partial charge in [0.1, 0.15) is 17.7 Å². The van der Waals surface area contributed by atoms with Gasteiger partial charge < -0.3 is 10.1 Å². The first-order valence-electron chi connectivity index (χ1n) is 11.5. The van der Waals surface area contributed by atoms with E-state index in [-0.39, 0.29) is 17.4 Å². The fraction of sp³-hybridized carbons (Fsp3) is 0.545. The fourth-order valence-corrected chi connectivity index (χ4v) is 6.44. The Hall–Kier alpha value is -2.50. The number of likely N-dealkylation sites (tertiary alicyclic amines) is 1. The summed E-state index contributed by atoms with van der Waals surface area (Å²) in [5.74, 6) is 0.303. The first-order valence-corrected chi connectivity index (χ1v) is 13.1. The highest BCUT2D eigenvalue weighted by atomic mass is 32.2. The average molecular weight is 475 g/mol. The molecule has 0 unspecified atom stereocenters. The third kappa shape index (κ3) is 3.62. The number of carbonyl (C=O) groups excluding carboxylic acids is 1. The van der Waals surface area contributed by atoms with Crippen LogP contribution in [0.5, 0.6) is 5.88 Å². The van der Waals surface area contributed by atoms with Crippen molar-refractivity contribution in [3.63, 3.8) is 0 Å². The lowest BCUT2D eigenvalue weighted by Crippen LogP contribution is -2.51. The summed E-state index contributed by atoms with van der Waals surface area (Å²) >= 11 is 0. The molecular weight excluding hydrogens is 447 g/mol. The maximum atomic E-state index is 14.1. The van der Waals surface area contributed by atoms with Crippen molar-refractivity contribution in [2.24, 2.45) is 9.50 Å². The predicted octanol–water partition coefficient (Wildman–Crippen LogP) is 2.21. The number of amides is 2. The average Bonchev–Trinajstić information content (AvgIpc) is 3.43. The van der Waals surface area contributed by atoms with Crippen LogP contribution in [-0.4, -0.2) is 56.8 Å². The quantitative estimate of drug-likeness (QED) is 0.708. The smallest absolute Gasteiger partial charge is 0.354 e. The molecule has 2 aliphatic heterocycles. The van der Waals surface area contributed by atoms with Crippen molar-refractivity contribution < 1.29 is 18.1 Å². The number of benzene rings is 1. The van der Waals surface area contributed by atoms with Crippen molar-refractivity contribution in [2.45, 2.75) is 62.2 Å². The number of carbonyl (C=O) groups is 1. The van der Waals surface area contributed by atoms with Crippen molar-refractivity contribution in [2.75, 3.05) is 25.0 Å². The summed E-state index contributed by atoms with van der Waals surface area (Å²) in [7, 11) is -3.58. The second-order valence-electron chi connectivity index (χ2n) is 9.33. The lowest BCUT2D eigenvalue weighted by atomic mass is 9.99. The highest BCUT2D eigenvalue weighted by Gasteiger charge is 2.33. The second-order valence-corrected chi connectivity index (χ2v) is 11.1. The molecule has 176 valence electrons. The van der Waals surface area contributed by atoms with Crippen LogP contribution in [0.4, 0.5) is 14.9 Å². The van der Waals surface area contributed by atoms with E-state index < -0.39 is 22.1 Å². The van der Waals surface area contributed by atoms with Crippen molar-refractivity contribution in [3.8, 4) is 5.88 Å². The maximum absolute atomic E-state index is 14.1. The number of fused-ring (bicyclic) bond motifs is 3. The number of nitrogens with zero attached hydrogens (tertiary/aromatic N) is 4. The Morgan fingerprint density at radius 2 is 2.09 bits per heavy atom. The minimum Gasteiger partial charge on any atom is -0.475 e. The molecule has 4 aliphatic rings. The summed E-state index contributed by atoms with van der Waals surface area (Å²) in [5.41, 5.74) is 4.54. The number of ether oxygens (including phenoxy) is 1. The molecule has 1 aromatic carbocycles. The topological polar surface area (TPSA) is 115 Å². The second kappa shape index (κ2) is 7.78. The zero-order valence-electron chi connectivity index (χ0n) is 18.3. The van der Waals surface area contributed by atoms with E-state index in [2.05, 4.69) is 25.7 Å². The summed E-state index contributed by atoms with van der Waals surface area (Å²) in [6.45, 7) is 3.14. The Morgan fingerprint density at radius 1 is 1.24 bits per heavy atom. The summed E-state index contributed by atoms with van der Waals surface area (Å²) in [4.78, 5) is 15.3. The SMILES string of the molecule is N[S@@](=O)(=NC(=O)Nc1c2c(cc3c1C[C@@H](F)C3)CCC2)c1cnn2c1OC[C@@H](N1CCC1)C2. The number of aryl methyl sites for hydroxylation is 1. The molecule has 2 aromatic rings. The molecule has 3 heterocycles. The number of nitrogens with one attached hydrogen (secondary N) is 1. The Bertz CT molecular complexity index is 1260. The number of aromatic nitrogens is 2. The van der Waals surface area contributed by atoms with Gasteiger partial charge >= 0.3 is 6.03 Å². The van der Waals surface area contributed by atoms with Crippen molar-refractivity contribution in [3.05, 3.63) is 34.5 Å². The van der Waals surface area contributed by atoms with E-state index in [4.69, 9.17) is 9.88 Å². The van der Waals surface area contributed by atoms with E-state index in [0.717, 1.165) is 54.6 Å². The van der Waals surface area contributed by atoms with E-state index in [9.17, 15) is 13.4 Å². The predicted molar refractivity (Wildman–Crippen MR) is 121 cm³/mol. The van der Waals surface area contributed by atoms with Crippen LogP contribution in [0.15, 0.2) is 21.5 Å². The molecule has 1 saturated heterocycles. The molecule has 0 bridgehead atoms. The number of hydrogen-bond acceptors (Lipinski definition) is 5. The van der Waals surface area contributed by atoms with Crippen LogP contribution in [0.1, 0.15) is 35.1 Å². The van der Waals surface area contributed by atoms with Gasteiger partial charge in [-0.05, 0) is 61.0 Å². The normalized spacial score (nSPS) is 25.3. The van der Waals surface area contributed by atoms with Crippen molar-refractivity contribution >= 4 is 21.6 Å². The zero-order chi connectivity index (χ0) is 22.7. The molecule has 3 atom stereocenters. The molecule has 2 aliphatic carbocycles. The molecule has 11 heteroatoms. The Kier molecular flexibility index (Phi) is 4.96. The van der Waals surface area contributed by atoms with E-state index in [0.29, 0.717) is 31.1 Å². The maximum Gasteiger partial charge on any atom is 0.354 e. The number of urea groups is 1. The highest BCUT2D eigenvalue weighted by Crippen LogP contribution is 2.39. The third-order valence-electron chi connectivity index (χ3n) is 7.20. The third-order valence-corrected chi connectivity index (χ3v) is 8.54. The molecule has 1 aromatic heterocycles. The first-order chi connectivity index (χ1) is 15.9. The standard InChI is InChI=1S/C22H27FN6O3S/c23-15-8-14-7-13-3-1-4-17(13)20(18(14)9-15)26-22(30)27-33(24,31)19-10-25-29-11-16(12-32-21(19)29)28-5-2-6-28/h7,10,15-16H,1-6,8-9,11-12H2,(H3,24,26,27,30,31)/t15-,16-,33+/m0/s1. The molecule has 9 nitrogen and oxygen atoms in total. The van der Waals surface area contributed by atoms with E-state index >= 15 is 0 Å². The van der Waals surface area contributed by atoms with Crippen LogP contribution in [0.2, 0.25) is 0 Å². The number of alkyl halides is 1. The number of nitrogens with two attached hydrogens (primary N) is 1. The minimum absolute atomic E-state index is 0.118. The number of rotatable bonds is 3. The van der Waals surface area contributed by atoms with Crippen molar-refractivity contribution in [1.82, 2.24) is 14.7 Å². The minimum atomic E-state index is -3.58. The molecular formula is C22H27FN6O3S. The fourth-order valence-electron chi connectivity index (χ4n) is 5.44. The summed E-state index contributed by atoms with van der Waals surface area (Å²) < 4.78 is 38.7. The molecule has 6 rings (SSSR count). The summed E-state index contributed by atoms with van der Waals surface area (Å²) in [6.07, 6.45) is 4.93. The largest absolute Gasteiger partial charge is 0.475 e. The molecule has 2 amide bonds. The monoisotopic (exact) mass is 474 g/mol. The Balaban J connectivity index is 1.27. The van der Waals surface area contributed by atoms with Gasteiger partial charge in [-0.2, -0.15) is 5.10 Å². The van der Waals surface area contributed by atoms with Crippen LogP contribution in [-0.2, 0) is 42.1 Å². The molecule has 0 radical (unpaired) electrons. The number of hydrogen-bond donors (Lipinski definition) is 2. The van der Waals surface area contributed by atoms with Crippen LogP contribution in [0.3, 0.4) is 0 Å². The summed E-state index contributed by atoms with van der Waals surface area (Å²) in [5, 5.41) is 13.1. The van der Waals surface area contributed by atoms with Gasteiger partial charge in [-0.3, -0.25) is 4.90 Å². The number of anilines is 1. The van der Waals surface area contributed by atoms with Crippen molar-refractivity contribution in [1.29, 1.82) is 0 Å². The molecule has 0 spiro atoms. The first kappa shape index (κ1) is 21.1. The van der Waals surface area contributed by atoms with Gasteiger partial charge in [0, 0.05) is 18.5 Å². The zero-order valence-corrected chi connectivity index (χ0v) is 19.1. The van der Waals surface area contributed by atoms with Gasteiger partial charge in [0.05, 0.1) is 18.8 Å². The molecule has 33 heavy (non-hydrogen) atoms. The van der Waals surface area contributed by atoms with Gasteiger partial charge in [-0.15, -0.1) is 4.36 Å². The van der Waals surface area contributed by atoms with Gasteiger partial charge in [-0.25, -0.2) is 23.2 Å². The lowest BCUT2D eigenvalue weighted by molar-refractivity contribution is 0.0417. The van der Waals surface area contributed by atoms with Crippen LogP contribution in [0.25, 0.3) is 0 Å². The lowest BCUT2D eigenvalue weighted by Gasteiger charge is -2.40. The molecule has 3 N–H and O–H groups in total. The highest BCUT2D eigenvalue weighted by molar-refractivity contribution is 7.91. The van der Waals surface area contributed by atoms with Gasteiger partial charge in [0.15, 0.2) is 9.92 Å². The number of halogens is 1. The van der Waals surface area contributed by atoms with Gasteiger partial charge in [0.2, 0.25) is 5.88 Å². The van der Waals surface area contributed by atoms with E-state index in [1.807, 2.05) is 0 Å². The van der Waals surface area contributed by atoms with Crippen LogP contribution >= 0.6 is 0 Å². The Labute approximate surface area is 191 Å². The van der Waals surface area contributed by atoms with E-state index in [1.165, 1.54) is 12.6 Å². The van der Waals surface area contributed by atoms with Gasteiger partial charge in [-0.1, -0.05) is 6.07 Å². The molecule has 0 saturated carbocycles. The van der Waals surface area contributed by atoms with E-state index in [1.54, 1.807) is 4.68 Å². The van der Waals surface area contributed by atoms with Crippen LogP contribution < -0.4 is 15.2 Å². The van der Waals surface area contributed by atoms with Gasteiger partial charge in [0.25, 0.3) is 0 Å². The van der Waals surface area contributed by atoms with Crippen LogP contribution in [0, 0.1) is 0 Å². The Morgan fingerprint density at radius 3 is 2.88 bits per heavy atom. The molecule has 1 fully saturated rings. The summed E-state index contributed by atoms with van der Waals surface area (Å²) in [6, 6.07) is 1.48.